The van der Waals surface area contributed by atoms with Crippen molar-refractivity contribution in [1.82, 2.24) is 0 Å². The summed E-state index contributed by atoms with van der Waals surface area (Å²) < 4.78 is 5.92. The molecule has 4 heteroatoms. The zero-order valence-electron chi connectivity index (χ0n) is 12.0. The van der Waals surface area contributed by atoms with Gasteiger partial charge >= 0.3 is 0 Å². The highest BCUT2D eigenvalue weighted by atomic mass is 35.5. The Morgan fingerprint density at radius 1 is 1.45 bits per heavy atom. The summed E-state index contributed by atoms with van der Waals surface area (Å²) in [6.45, 7) is 5.43. The van der Waals surface area contributed by atoms with E-state index in [2.05, 4.69) is 19.2 Å². The van der Waals surface area contributed by atoms with Gasteiger partial charge in [-0.3, -0.25) is 0 Å². The summed E-state index contributed by atoms with van der Waals surface area (Å²) in [5, 5.41) is 13.6. The molecule has 20 heavy (non-hydrogen) atoms. The van der Waals surface area contributed by atoms with E-state index in [1.807, 2.05) is 18.2 Å². The Balaban J connectivity index is 1.80. The second-order valence-electron chi connectivity index (χ2n) is 6.51. The summed E-state index contributed by atoms with van der Waals surface area (Å²) in [4.78, 5) is 0. The average molecular weight is 296 g/mol. The molecule has 3 rings (SSSR count). The van der Waals surface area contributed by atoms with Crippen molar-refractivity contribution in [2.45, 2.75) is 45.4 Å². The van der Waals surface area contributed by atoms with Gasteiger partial charge in [-0.15, -0.1) is 0 Å². The molecule has 2 N–H and O–H groups in total. The average Bonchev–Trinajstić information content (AvgIpc) is 2.46. The molecule has 3 unspecified atom stereocenters. The monoisotopic (exact) mass is 295 g/mol. The SMILES string of the molecule is CC1(C)C(Nc2cc(CO)ccc2Cl)C2CCCOC21. The molecule has 1 heterocycles. The van der Waals surface area contributed by atoms with Crippen molar-refractivity contribution in [1.29, 1.82) is 0 Å². The summed E-state index contributed by atoms with van der Waals surface area (Å²) in [6, 6.07) is 6.01. The van der Waals surface area contributed by atoms with Crippen LogP contribution in [0.5, 0.6) is 0 Å². The van der Waals surface area contributed by atoms with Crippen molar-refractivity contribution < 1.29 is 9.84 Å². The first-order valence-electron chi connectivity index (χ1n) is 7.31. The van der Waals surface area contributed by atoms with Crippen LogP contribution in [0.1, 0.15) is 32.3 Å². The molecule has 1 aliphatic heterocycles. The van der Waals surface area contributed by atoms with Crippen LogP contribution in [0.3, 0.4) is 0 Å². The number of aliphatic hydroxyl groups excluding tert-OH is 1. The third-order valence-corrected chi connectivity index (χ3v) is 5.19. The molecule has 1 saturated carbocycles. The third kappa shape index (κ3) is 2.22. The van der Waals surface area contributed by atoms with Crippen LogP contribution in [0.4, 0.5) is 5.69 Å². The maximum atomic E-state index is 9.26. The Bertz CT molecular complexity index is 503. The van der Waals surface area contributed by atoms with Crippen LogP contribution < -0.4 is 5.32 Å². The van der Waals surface area contributed by atoms with Crippen LogP contribution >= 0.6 is 11.6 Å². The Hall–Kier alpha value is -0.770. The minimum atomic E-state index is 0.0368. The van der Waals surface area contributed by atoms with Gasteiger partial charge in [-0.2, -0.15) is 0 Å². The second kappa shape index (κ2) is 5.21. The molecule has 0 aromatic heterocycles. The number of ether oxygens (including phenoxy) is 1. The summed E-state index contributed by atoms with van der Waals surface area (Å²) in [7, 11) is 0. The quantitative estimate of drug-likeness (QED) is 0.897. The van der Waals surface area contributed by atoms with E-state index in [9.17, 15) is 5.11 Å². The molecule has 2 aliphatic rings. The lowest BCUT2D eigenvalue weighted by Crippen LogP contribution is -2.67. The van der Waals surface area contributed by atoms with E-state index < -0.39 is 0 Å². The fraction of sp³-hybridized carbons (Fsp3) is 0.625. The van der Waals surface area contributed by atoms with E-state index in [0.29, 0.717) is 23.1 Å². The molecular weight excluding hydrogens is 274 g/mol. The van der Waals surface area contributed by atoms with Gasteiger partial charge in [-0.1, -0.05) is 31.5 Å². The highest BCUT2D eigenvalue weighted by Gasteiger charge is 2.57. The van der Waals surface area contributed by atoms with Crippen molar-refractivity contribution in [3.8, 4) is 0 Å². The summed E-state index contributed by atoms with van der Waals surface area (Å²) >= 11 is 6.27. The fourth-order valence-corrected chi connectivity index (χ4v) is 3.94. The normalized spacial score (nSPS) is 31.3. The van der Waals surface area contributed by atoms with Crippen LogP contribution in [0, 0.1) is 11.3 Å². The molecule has 110 valence electrons. The van der Waals surface area contributed by atoms with Gasteiger partial charge in [0.2, 0.25) is 0 Å². The van der Waals surface area contributed by atoms with Crippen LogP contribution in [-0.4, -0.2) is 23.9 Å². The largest absolute Gasteiger partial charge is 0.392 e. The number of benzene rings is 1. The van der Waals surface area contributed by atoms with Crippen LogP contribution in [-0.2, 0) is 11.3 Å². The second-order valence-corrected chi connectivity index (χ2v) is 6.92. The first-order valence-corrected chi connectivity index (χ1v) is 7.69. The number of anilines is 1. The van der Waals surface area contributed by atoms with Crippen LogP contribution in [0.15, 0.2) is 18.2 Å². The molecular formula is C16H22ClNO2. The van der Waals surface area contributed by atoms with Crippen molar-refractivity contribution in [3.63, 3.8) is 0 Å². The van der Waals surface area contributed by atoms with E-state index >= 15 is 0 Å². The smallest absolute Gasteiger partial charge is 0.0693 e. The number of aliphatic hydroxyl groups is 1. The number of nitrogens with one attached hydrogen (secondary N) is 1. The molecule has 0 amide bonds. The highest BCUT2D eigenvalue weighted by molar-refractivity contribution is 6.33. The number of hydrogen-bond donors (Lipinski definition) is 2. The van der Waals surface area contributed by atoms with E-state index in [-0.39, 0.29) is 12.0 Å². The predicted molar refractivity (Wildman–Crippen MR) is 81.0 cm³/mol. The lowest BCUT2D eigenvalue weighted by Gasteiger charge is -2.60. The molecule has 3 atom stereocenters. The molecule has 0 bridgehead atoms. The Kier molecular flexibility index (Phi) is 3.69. The number of hydrogen-bond acceptors (Lipinski definition) is 3. The standard InChI is InChI=1S/C16H22ClNO2/c1-16(2)14(11-4-3-7-20-15(11)16)18-13-8-10(9-19)5-6-12(13)17/h5-6,8,11,14-15,18-19H,3-4,7,9H2,1-2H3. The third-order valence-electron chi connectivity index (χ3n) is 4.86. The molecule has 2 fully saturated rings. The fourth-order valence-electron chi connectivity index (χ4n) is 3.76. The van der Waals surface area contributed by atoms with Crippen molar-refractivity contribution >= 4 is 17.3 Å². The van der Waals surface area contributed by atoms with Crippen molar-refractivity contribution in [2.75, 3.05) is 11.9 Å². The minimum absolute atomic E-state index is 0.0368. The number of fused-ring (bicyclic) bond motifs is 1. The lowest BCUT2D eigenvalue weighted by molar-refractivity contribution is -0.177. The maximum Gasteiger partial charge on any atom is 0.0693 e. The Labute approximate surface area is 125 Å². The first kappa shape index (κ1) is 14.2. The zero-order chi connectivity index (χ0) is 14.3. The highest BCUT2D eigenvalue weighted by Crippen LogP contribution is 2.52. The topological polar surface area (TPSA) is 41.5 Å². The van der Waals surface area contributed by atoms with Crippen molar-refractivity contribution in [3.05, 3.63) is 28.8 Å². The van der Waals surface area contributed by atoms with Gasteiger partial charge in [0, 0.05) is 24.0 Å². The summed E-state index contributed by atoms with van der Waals surface area (Å²) in [5.41, 5.74) is 1.91. The molecule has 0 radical (unpaired) electrons. The Morgan fingerprint density at radius 2 is 2.25 bits per heavy atom. The first-order chi connectivity index (χ1) is 9.54. The van der Waals surface area contributed by atoms with Crippen molar-refractivity contribution in [2.24, 2.45) is 11.3 Å². The van der Waals surface area contributed by atoms with E-state index in [1.165, 1.54) is 6.42 Å². The summed E-state index contributed by atoms with van der Waals surface area (Å²) in [5.74, 6) is 0.563. The van der Waals surface area contributed by atoms with Gasteiger partial charge in [-0.25, -0.2) is 0 Å². The number of rotatable bonds is 3. The summed E-state index contributed by atoms with van der Waals surface area (Å²) in [6.07, 6.45) is 2.71. The Morgan fingerprint density at radius 3 is 3.00 bits per heavy atom. The minimum Gasteiger partial charge on any atom is -0.392 e. The molecule has 3 nitrogen and oxygen atoms in total. The van der Waals surface area contributed by atoms with Gasteiger partial charge in [0.15, 0.2) is 0 Å². The lowest BCUT2D eigenvalue weighted by atomic mass is 9.55. The van der Waals surface area contributed by atoms with Crippen LogP contribution in [0.2, 0.25) is 5.02 Å². The molecule has 1 aromatic carbocycles. The maximum absolute atomic E-state index is 9.26. The van der Waals surface area contributed by atoms with Gasteiger partial charge in [-0.05, 0) is 30.5 Å². The van der Waals surface area contributed by atoms with E-state index in [1.54, 1.807) is 0 Å². The van der Waals surface area contributed by atoms with Gasteiger partial charge in [0.25, 0.3) is 0 Å². The molecule has 0 spiro atoms. The van der Waals surface area contributed by atoms with Gasteiger partial charge in [0.1, 0.15) is 0 Å². The van der Waals surface area contributed by atoms with Gasteiger partial charge in [0.05, 0.1) is 23.4 Å². The predicted octanol–water partition coefficient (Wildman–Crippen LogP) is 3.45. The van der Waals surface area contributed by atoms with E-state index in [4.69, 9.17) is 16.3 Å². The van der Waals surface area contributed by atoms with E-state index in [0.717, 1.165) is 24.3 Å². The van der Waals surface area contributed by atoms with Gasteiger partial charge < -0.3 is 15.2 Å². The number of halogens is 1. The zero-order valence-corrected chi connectivity index (χ0v) is 12.8. The van der Waals surface area contributed by atoms with Crippen LogP contribution in [0.25, 0.3) is 0 Å². The molecule has 1 aromatic rings. The molecule has 1 saturated heterocycles. The molecule has 1 aliphatic carbocycles.